The Morgan fingerprint density at radius 1 is 1.11 bits per heavy atom. The van der Waals surface area contributed by atoms with Gasteiger partial charge < -0.3 is 20.9 Å². The van der Waals surface area contributed by atoms with Crippen LogP contribution in [0.1, 0.15) is 74.4 Å². The lowest BCUT2D eigenvalue weighted by Gasteiger charge is -2.40. The summed E-state index contributed by atoms with van der Waals surface area (Å²) < 4.78 is 0. The molecule has 0 aromatic heterocycles. The van der Waals surface area contributed by atoms with Gasteiger partial charge in [0.25, 0.3) is 0 Å². The van der Waals surface area contributed by atoms with Crippen molar-refractivity contribution in [3.63, 3.8) is 0 Å². The van der Waals surface area contributed by atoms with Gasteiger partial charge in [-0.25, -0.2) is 0 Å². The van der Waals surface area contributed by atoms with Gasteiger partial charge in [-0.2, -0.15) is 0 Å². The number of hydrogen-bond donors (Lipinski definition) is 3. The van der Waals surface area contributed by atoms with E-state index in [1.165, 1.54) is 34.2 Å². The number of nitrogens with zero attached hydrogens (tertiary/aromatic N) is 1. The maximum Gasteiger partial charge on any atom is 0.246 e. The zero-order valence-corrected chi connectivity index (χ0v) is 23.8. The molecule has 2 aromatic rings. The van der Waals surface area contributed by atoms with E-state index in [1.807, 2.05) is 31.7 Å². The van der Waals surface area contributed by atoms with E-state index in [0.717, 1.165) is 25.7 Å². The molecule has 3 N–H and O–H groups in total. The Kier molecular flexibility index (Phi) is 10.1. The molecule has 206 valence electrons. The number of fused-ring (bicyclic) bond motifs is 2. The molecule has 3 amide bonds. The Hall–Kier alpha value is -3.19. The fourth-order valence-electron chi connectivity index (χ4n) is 5.36. The van der Waals surface area contributed by atoms with E-state index < -0.39 is 6.04 Å². The summed E-state index contributed by atoms with van der Waals surface area (Å²) in [5.74, 6) is -0.159. The van der Waals surface area contributed by atoms with Crippen LogP contribution in [0.4, 0.5) is 0 Å². The third kappa shape index (κ3) is 7.44. The van der Waals surface area contributed by atoms with Crippen LogP contribution in [0.3, 0.4) is 0 Å². The predicted molar refractivity (Wildman–Crippen MR) is 152 cm³/mol. The number of carbonyl (C=O) groups is 3. The van der Waals surface area contributed by atoms with Crippen molar-refractivity contribution in [3.8, 4) is 0 Å². The van der Waals surface area contributed by atoms with Gasteiger partial charge in [-0.1, -0.05) is 68.8 Å². The lowest BCUT2D eigenvalue weighted by molar-refractivity contribution is -0.142. The molecule has 0 radical (unpaired) electrons. The van der Waals surface area contributed by atoms with Crippen LogP contribution < -0.4 is 16.0 Å². The molecule has 3 unspecified atom stereocenters. The van der Waals surface area contributed by atoms with Gasteiger partial charge in [0.15, 0.2) is 0 Å². The molecule has 0 spiro atoms. The molecule has 38 heavy (non-hydrogen) atoms. The fourth-order valence-corrected chi connectivity index (χ4v) is 5.36. The van der Waals surface area contributed by atoms with Gasteiger partial charge in [0, 0.05) is 12.6 Å². The molecule has 0 saturated carbocycles. The van der Waals surface area contributed by atoms with E-state index >= 15 is 0 Å². The summed E-state index contributed by atoms with van der Waals surface area (Å²) in [6, 6.07) is 14.6. The van der Waals surface area contributed by atoms with Crippen LogP contribution >= 0.6 is 0 Å². The number of nitrogens with one attached hydrogen (secondary N) is 3. The second kappa shape index (κ2) is 13.1. The molecule has 1 aliphatic carbocycles. The summed E-state index contributed by atoms with van der Waals surface area (Å²) in [6.07, 6.45) is 5.03. The molecule has 2 aliphatic rings. The molecular formula is C31H44N4O3. The van der Waals surface area contributed by atoms with Gasteiger partial charge in [-0.15, -0.1) is 0 Å². The average Bonchev–Trinajstić information content (AvgIpc) is 2.87. The Bertz CT molecular complexity index is 1120. The number of hydrogen-bond acceptors (Lipinski definition) is 4. The van der Waals surface area contributed by atoms with Gasteiger partial charge in [-0.3, -0.25) is 14.4 Å². The van der Waals surface area contributed by atoms with Gasteiger partial charge in [-0.05, 0) is 74.2 Å². The van der Waals surface area contributed by atoms with Crippen LogP contribution in [0.25, 0.3) is 0 Å². The minimum atomic E-state index is -0.540. The predicted octanol–water partition coefficient (Wildman–Crippen LogP) is 3.83. The molecule has 0 fully saturated rings. The number of likely N-dealkylation sites (N-methyl/N-ethyl adjacent to an activating group) is 1. The third-order valence-corrected chi connectivity index (χ3v) is 7.43. The number of benzene rings is 2. The SMILES string of the molecule is CNCC(=O)NC(C(=O)N1Cc2cc(C)ccc2CC1C)C(C)(C)C.O=CNC1CCCc2ccccc21. The standard InChI is InChI=1S/C20H31N3O2.C11H13NO/c1-13-7-8-15-10-14(2)23(12-16(15)9-13)19(25)18(20(3,4)5)22-17(24)11-21-6;13-8-12-11-7-3-5-9-4-1-2-6-10(9)11/h7-9,14,18,21H,10-12H2,1-6H3,(H,22,24);1-2,4,6,8,11H,3,5,7H2,(H,12,13). The largest absolute Gasteiger partial charge is 0.352 e. The van der Waals surface area contributed by atoms with Crippen molar-refractivity contribution in [2.45, 2.75) is 85.0 Å². The van der Waals surface area contributed by atoms with Gasteiger partial charge in [0.05, 0.1) is 12.6 Å². The smallest absolute Gasteiger partial charge is 0.246 e. The van der Waals surface area contributed by atoms with Crippen molar-refractivity contribution in [3.05, 3.63) is 70.3 Å². The lowest BCUT2D eigenvalue weighted by Crippen LogP contribution is -2.58. The highest BCUT2D eigenvalue weighted by atomic mass is 16.2. The van der Waals surface area contributed by atoms with Crippen LogP contribution in [-0.4, -0.2) is 48.8 Å². The molecule has 7 nitrogen and oxygen atoms in total. The van der Waals surface area contributed by atoms with Crippen LogP contribution in [0.15, 0.2) is 42.5 Å². The van der Waals surface area contributed by atoms with Crippen molar-refractivity contribution < 1.29 is 14.4 Å². The summed E-state index contributed by atoms with van der Waals surface area (Å²) in [6.45, 7) is 10.9. The van der Waals surface area contributed by atoms with E-state index in [-0.39, 0.29) is 35.9 Å². The summed E-state index contributed by atoms with van der Waals surface area (Å²) >= 11 is 0. The van der Waals surface area contributed by atoms with Crippen molar-refractivity contribution >= 4 is 18.2 Å². The minimum Gasteiger partial charge on any atom is -0.352 e. The topological polar surface area (TPSA) is 90.5 Å². The van der Waals surface area contributed by atoms with Crippen LogP contribution in [0.5, 0.6) is 0 Å². The maximum atomic E-state index is 13.3. The molecule has 2 aromatic carbocycles. The Balaban J connectivity index is 0.000000256. The first-order valence-electron chi connectivity index (χ1n) is 13.7. The molecule has 4 rings (SSSR count). The third-order valence-electron chi connectivity index (χ3n) is 7.43. The molecule has 0 saturated heterocycles. The minimum absolute atomic E-state index is 0.00314. The lowest BCUT2D eigenvalue weighted by atomic mass is 9.84. The van der Waals surface area contributed by atoms with Crippen molar-refractivity contribution in [2.24, 2.45) is 5.41 Å². The van der Waals surface area contributed by atoms with E-state index in [1.54, 1.807) is 7.05 Å². The first kappa shape index (κ1) is 29.4. The molecule has 7 heteroatoms. The van der Waals surface area contributed by atoms with E-state index in [0.29, 0.717) is 6.54 Å². The Morgan fingerprint density at radius 3 is 2.53 bits per heavy atom. The highest BCUT2D eigenvalue weighted by Crippen LogP contribution is 2.29. The van der Waals surface area contributed by atoms with Gasteiger partial charge >= 0.3 is 0 Å². The zero-order valence-electron chi connectivity index (χ0n) is 23.8. The van der Waals surface area contributed by atoms with E-state index in [4.69, 9.17) is 0 Å². The van der Waals surface area contributed by atoms with Crippen molar-refractivity contribution in [1.29, 1.82) is 0 Å². The number of carbonyl (C=O) groups excluding carboxylic acids is 3. The number of rotatable bonds is 6. The summed E-state index contributed by atoms with van der Waals surface area (Å²) in [5, 5.41) is 8.61. The molecule has 3 atom stereocenters. The number of amides is 3. The van der Waals surface area contributed by atoms with Crippen LogP contribution in [-0.2, 0) is 33.8 Å². The second-order valence-corrected chi connectivity index (χ2v) is 11.6. The first-order valence-corrected chi connectivity index (χ1v) is 13.7. The average molecular weight is 521 g/mol. The maximum absolute atomic E-state index is 13.3. The molecule has 1 aliphatic heterocycles. The van der Waals surface area contributed by atoms with E-state index in [9.17, 15) is 14.4 Å². The Morgan fingerprint density at radius 2 is 1.84 bits per heavy atom. The zero-order chi connectivity index (χ0) is 27.9. The van der Waals surface area contributed by atoms with Crippen LogP contribution in [0.2, 0.25) is 0 Å². The van der Waals surface area contributed by atoms with Gasteiger partial charge in [0.1, 0.15) is 6.04 Å². The highest BCUT2D eigenvalue weighted by Gasteiger charge is 2.38. The van der Waals surface area contributed by atoms with Crippen LogP contribution in [0, 0.1) is 12.3 Å². The molecule has 0 bridgehead atoms. The summed E-state index contributed by atoms with van der Waals surface area (Å²) in [7, 11) is 1.72. The van der Waals surface area contributed by atoms with Gasteiger partial charge in [0.2, 0.25) is 18.2 Å². The van der Waals surface area contributed by atoms with Crippen molar-refractivity contribution in [2.75, 3.05) is 13.6 Å². The normalized spacial score (nSPS) is 19.2. The monoisotopic (exact) mass is 520 g/mol. The van der Waals surface area contributed by atoms with E-state index in [2.05, 4.69) is 66.2 Å². The summed E-state index contributed by atoms with van der Waals surface area (Å²) in [4.78, 5) is 37.6. The molecular weight excluding hydrogens is 476 g/mol. The fraction of sp³-hybridized carbons (Fsp3) is 0.516. The quantitative estimate of drug-likeness (QED) is 0.505. The summed E-state index contributed by atoms with van der Waals surface area (Å²) in [5.41, 5.74) is 6.05. The van der Waals surface area contributed by atoms with Crippen molar-refractivity contribution in [1.82, 2.24) is 20.9 Å². The highest BCUT2D eigenvalue weighted by molar-refractivity contribution is 5.89. The first-order chi connectivity index (χ1) is 18.0. The molecule has 1 heterocycles. The number of aryl methyl sites for hydroxylation is 2. The second-order valence-electron chi connectivity index (χ2n) is 11.6. The Labute approximate surface area is 227 Å².